The molecule has 4 rings (SSSR count). The quantitative estimate of drug-likeness (QED) is 0.227. The van der Waals surface area contributed by atoms with Gasteiger partial charge in [-0.05, 0) is 35.6 Å². The summed E-state index contributed by atoms with van der Waals surface area (Å²) in [6.07, 6.45) is 4.36. The molecule has 1 aliphatic carbocycles. The zero-order valence-electron chi connectivity index (χ0n) is 19.7. The number of hydrogen-bond donors (Lipinski definition) is 1. The highest BCUT2D eigenvalue weighted by molar-refractivity contribution is 6.06. The molecule has 0 radical (unpaired) electrons. The molecular formula is C30H30N2O3. The Morgan fingerprint density at radius 2 is 1.46 bits per heavy atom. The largest absolute Gasteiger partial charge is 0.485 e. The number of ether oxygens (including phenoxy) is 1. The lowest BCUT2D eigenvalue weighted by Crippen LogP contribution is -2.41. The Hall–Kier alpha value is -3.96. The summed E-state index contributed by atoms with van der Waals surface area (Å²) in [5.74, 6) is -0.662. The minimum Gasteiger partial charge on any atom is -0.485 e. The molecule has 0 heterocycles. The van der Waals surface area contributed by atoms with Crippen molar-refractivity contribution in [2.75, 3.05) is 6.67 Å². The highest BCUT2D eigenvalue weighted by atomic mass is 16.5. The number of rotatable bonds is 12. The van der Waals surface area contributed by atoms with E-state index in [2.05, 4.69) is 36.2 Å². The Morgan fingerprint density at radius 1 is 0.914 bits per heavy atom. The zero-order chi connectivity index (χ0) is 24.5. The van der Waals surface area contributed by atoms with Gasteiger partial charge in [0.2, 0.25) is 5.78 Å². The average Bonchev–Trinajstić information content (AvgIpc) is 3.75. The molecule has 3 aromatic rings. The normalized spacial score (nSPS) is 13.3. The van der Waals surface area contributed by atoms with E-state index in [4.69, 9.17) is 4.74 Å². The summed E-state index contributed by atoms with van der Waals surface area (Å²) in [6, 6.07) is 29.9. The van der Waals surface area contributed by atoms with Crippen molar-refractivity contribution in [2.45, 2.75) is 31.5 Å². The van der Waals surface area contributed by atoms with Gasteiger partial charge in [0.1, 0.15) is 6.61 Å². The number of ketones is 1. The van der Waals surface area contributed by atoms with Crippen molar-refractivity contribution in [2.24, 2.45) is 0 Å². The number of amides is 1. The van der Waals surface area contributed by atoms with E-state index in [0.29, 0.717) is 6.67 Å². The van der Waals surface area contributed by atoms with Crippen LogP contribution in [0.4, 0.5) is 0 Å². The second kappa shape index (κ2) is 12.0. The second-order valence-electron chi connectivity index (χ2n) is 8.51. The number of allylic oxidation sites excluding steroid dienone is 1. The summed E-state index contributed by atoms with van der Waals surface area (Å²) in [5, 5.41) is 3.56. The number of carbonyl (C=O) groups excluding carboxylic acids is 2. The molecule has 0 unspecified atom stereocenters. The minimum absolute atomic E-state index is 0.00201. The summed E-state index contributed by atoms with van der Waals surface area (Å²) in [6.45, 7) is 4.10. The van der Waals surface area contributed by atoms with Crippen molar-refractivity contribution < 1.29 is 14.3 Å². The summed E-state index contributed by atoms with van der Waals surface area (Å²) in [5.41, 5.74) is 3.15. The van der Waals surface area contributed by atoms with Crippen molar-refractivity contribution >= 4 is 11.7 Å². The molecule has 0 aliphatic heterocycles. The second-order valence-corrected chi connectivity index (χ2v) is 8.51. The van der Waals surface area contributed by atoms with E-state index in [0.717, 1.165) is 29.5 Å². The molecule has 0 atom stereocenters. The Labute approximate surface area is 206 Å². The predicted octanol–water partition coefficient (Wildman–Crippen LogP) is 5.17. The molecule has 1 aliphatic rings. The molecule has 3 aromatic carbocycles. The SMILES string of the molecule is C=CC(=O)/C(=C/C(=O)N(CNC(c1ccccc1)c1ccccc1)C1CC1)OCc1ccccc1. The molecule has 0 bridgehead atoms. The first-order valence-corrected chi connectivity index (χ1v) is 11.8. The van der Waals surface area contributed by atoms with E-state index >= 15 is 0 Å². The summed E-state index contributed by atoms with van der Waals surface area (Å²) in [7, 11) is 0. The Balaban J connectivity index is 1.50. The predicted molar refractivity (Wildman–Crippen MR) is 137 cm³/mol. The van der Waals surface area contributed by atoms with Crippen LogP contribution in [0.5, 0.6) is 0 Å². The van der Waals surface area contributed by atoms with Crippen LogP contribution in [0.1, 0.15) is 35.6 Å². The number of hydrogen-bond acceptors (Lipinski definition) is 4. The standard InChI is InChI=1S/C30H30N2O3/c1-2-27(33)28(35-21-23-12-6-3-7-13-23)20-29(34)32(26-18-19-26)22-31-30(24-14-8-4-9-15-24)25-16-10-5-11-17-25/h2-17,20,26,30-31H,1,18-19,21-22H2/b28-20-. The van der Waals surface area contributed by atoms with Crippen molar-refractivity contribution in [3.63, 3.8) is 0 Å². The van der Waals surface area contributed by atoms with E-state index in [9.17, 15) is 9.59 Å². The molecule has 1 amide bonds. The number of nitrogens with zero attached hydrogens (tertiary/aromatic N) is 1. The van der Waals surface area contributed by atoms with Gasteiger partial charge in [-0.3, -0.25) is 14.9 Å². The smallest absolute Gasteiger partial charge is 0.251 e. The van der Waals surface area contributed by atoms with Gasteiger partial charge in [0, 0.05) is 12.1 Å². The zero-order valence-corrected chi connectivity index (χ0v) is 19.7. The lowest BCUT2D eigenvalue weighted by molar-refractivity contribution is -0.128. The average molecular weight is 467 g/mol. The number of nitrogens with one attached hydrogen (secondary N) is 1. The molecule has 1 saturated carbocycles. The highest BCUT2D eigenvalue weighted by Gasteiger charge is 2.32. The van der Waals surface area contributed by atoms with Gasteiger partial charge in [-0.2, -0.15) is 0 Å². The van der Waals surface area contributed by atoms with Gasteiger partial charge in [0.05, 0.1) is 12.7 Å². The Kier molecular flexibility index (Phi) is 8.25. The van der Waals surface area contributed by atoms with Crippen molar-refractivity contribution in [3.8, 4) is 0 Å². The molecule has 5 heteroatoms. The van der Waals surface area contributed by atoms with E-state index < -0.39 is 5.78 Å². The van der Waals surface area contributed by atoms with Crippen LogP contribution in [-0.2, 0) is 20.9 Å². The van der Waals surface area contributed by atoms with Crippen LogP contribution in [0, 0.1) is 0 Å². The van der Waals surface area contributed by atoms with Gasteiger partial charge in [0.25, 0.3) is 5.91 Å². The third-order valence-electron chi connectivity index (χ3n) is 5.92. The summed E-state index contributed by atoms with van der Waals surface area (Å²) < 4.78 is 5.74. The van der Waals surface area contributed by atoms with Gasteiger partial charge < -0.3 is 9.64 Å². The summed E-state index contributed by atoms with van der Waals surface area (Å²) >= 11 is 0. The molecule has 178 valence electrons. The van der Waals surface area contributed by atoms with E-state index in [1.807, 2.05) is 66.7 Å². The van der Waals surface area contributed by atoms with E-state index in [-0.39, 0.29) is 30.4 Å². The first-order valence-electron chi connectivity index (χ1n) is 11.8. The molecular weight excluding hydrogens is 436 g/mol. The lowest BCUT2D eigenvalue weighted by atomic mass is 9.99. The maximum absolute atomic E-state index is 13.3. The fraction of sp³-hybridized carbons (Fsp3) is 0.200. The van der Waals surface area contributed by atoms with Crippen LogP contribution in [0.25, 0.3) is 0 Å². The third-order valence-corrected chi connectivity index (χ3v) is 5.92. The molecule has 5 nitrogen and oxygen atoms in total. The van der Waals surface area contributed by atoms with Crippen LogP contribution in [0.2, 0.25) is 0 Å². The Bertz CT molecular complexity index is 1120. The first-order chi connectivity index (χ1) is 17.2. The maximum atomic E-state index is 13.3. The van der Waals surface area contributed by atoms with Gasteiger partial charge in [0.15, 0.2) is 5.76 Å². The number of benzene rings is 3. The van der Waals surface area contributed by atoms with Gasteiger partial charge in [-0.1, -0.05) is 97.6 Å². The Morgan fingerprint density at radius 3 is 1.97 bits per heavy atom. The van der Waals surface area contributed by atoms with Crippen LogP contribution < -0.4 is 5.32 Å². The van der Waals surface area contributed by atoms with Crippen molar-refractivity contribution in [1.82, 2.24) is 10.2 Å². The van der Waals surface area contributed by atoms with Crippen molar-refractivity contribution in [1.29, 1.82) is 0 Å². The fourth-order valence-corrected chi connectivity index (χ4v) is 3.90. The van der Waals surface area contributed by atoms with E-state index in [1.54, 1.807) is 4.90 Å². The monoisotopic (exact) mass is 466 g/mol. The highest BCUT2D eigenvalue weighted by Crippen LogP contribution is 2.28. The molecule has 0 spiro atoms. The van der Waals surface area contributed by atoms with Crippen LogP contribution in [0.3, 0.4) is 0 Å². The first kappa shape index (κ1) is 24.2. The molecule has 1 N–H and O–H groups in total. The van der Waals surface area contributed by atoms with Crippen molar-refractivity contribution in [3.05, 3.63) is 132 Å². The number of carbonyl (C=O) groups is 2. The molecule has 0 aromatic heterocycles. The summed E-state index contributed by atoms with van der Waals surface area (Å²) in [4.78, 5) is 27.5. The van der Waals surface area contributed by atoms with Crippen LogP contribution in [0.15, 0.2) is 115 Å². The van der Waals surface area contributed by atoms with E-state index in [1.165, 1.54) is 12.2 Å². The maximum Gasteiger partial charge on any atom is 0.251 e. The lowest BCUT2D eigenvalue weighted by Gasteiger charge is -2.27. The molecule has 1 fully saturated rings. The van der Waals surface area contributed by atoms with Crippen LogP contribution >= 0.6 is 0 Å². The van der Waals surface area contributed by atoms with Gasteiger partial charge >= 0.3 is 0 Å². The molecule has 0 saturated heterocycles. The third kappa shape index (κ3) is 6.78. The van der Waals surface area contributed by atoms with Crippen LogP contribution in [-0.4, -0.2) is 29.3 Å². The van der Waals surface area contributed by atoms with Gasteiger partial charge in [-0.15, -0.1) is 0 Å². The fourth-order valence-electron chi connectivity index (χ4n) is 3.90. The topological polar surface area (TPSA) is 58.6 Å². The minimum atomic E-state index is -0.413. The van der Waals surface area contributed by atoms with Gasteiger partial charge in [-0.25, -0.2) is 0 Å². The molecule has 35 heavy (non-hydrogen) atoms.